The minimum Gasteiger partial charge on any atom is -0.0654 e. The van der Waals surface area contributed by atoms with Crippen molar-refractivity contribution in [1.29, 1.82) is 0 Å². The van der Waals surface area contributed by atoms with E-state index in [0.29, 0.717) is 0 Å². The molecule has 0 heteroatoms. The largest absolute Gasteiger partial charge is 0.0654 e. The second kappa shape index (κ2) is 13.9. The zero-order chi connectivity index (χ0) is 23.8. The Labute approximate surface area is 209 Å². The first-order valence-corrected chi connectivity index (χ1v) is 16.0. The highest BCUT2D eigenvalue weighted by atomic mass is 14.5. The third-order valence-electron chi connectivity index (χ3n) is 11.3. The van der Waals surface area contributed by atoms with Gasteiger partial charge in [0, 0.05) is 0 Å². The van der Waals surface area contributed by atoms with E-state index in [0.717, 1.165) is 59.2 Å². The molecule has 0 aromatic rings. The molecule has 194 valence electrons. The fourth-order valence-corrected chi connectivity index (χ4v) is 9.82. The minimum atomic E-state index is 0.984. The third-order valence-corrected chi connectivity index (χ3v) is 11.3. The summed E-state index contributed by atoms with van der Waals surface area (Å²) < 4.78 is 0. The van der Waals surface area contributed by atoms with Crippen LogP contribution in [0.1, 0.15) is 151 Å². The molecule has 4 fully saturated rings. The van der Waals surface area contributed by atoms with Gasteiger partial charge in [-0.15, -0.1) is 0 Å². The summed E-state index contributed by atoms with van der Waals surface area (Å²) >= 11 is 0. The van der Waals surface area contributed by atoms with Gasteiger partial charge in [-0.1, -0.05) is 119 Å². The molecule has 7 unspecified atom stereocenters. The molecular weight excluding hydrogens is 396 g/mol. The number of rotatable bonds is 7. The molecule has 4 rings (SSSR count). The first-order chi connectivity index (χ1) is 16.0. The van der Waals surface area contributed by atoms with Crippen molar-refractivity contribution in [3.63, 3.8) is 0 Å². The Morgan fingerprint density at radius 2 is 1.24 bits per heavy atom. The Kier molecular flexibility index (Phi) is 11.6. The van der Waals surface area contributed by atoms with Gasteiger partial charge in [-0.3, -0.25) is 0 Å². The van der Waals surface area contributed by atoms with Crippen LogP contribution in [0.15, 0.2) is 0 Å². The van der Waals surface area contributed by atoms with Gasteiger partial charge in [-0.2, -0.15) is 0 Å². The van der Waals surface area contributed by atoms with E-state index >= 15 is 0 Å². The van der Waals surface area contributed by atoms with Crippen LogP contribution in [0.4, 0.5) is 0 Å². The summed E-state index contributed by atoms with van der Waals surface area (Å²) in [5.74, 6) is 10.7. The smallest absolute Gasteiger partial charge is 0.0324 e. The molecule has 33 heavy (non-hydrogen) atoms. The van der Waals surface area contributed by atoms with E-state index in [1.165, 1.54) is 64.2 Å². The van der Waals surface area contributed by atoms with Gasteiger partial charge in [0.2, 0.25) is 0 Å². The van der Waals surface area contributed by atoms with Crippen molar-refractivity contribution in [3.05, 3.63) is 0 Å². The van der Waals surface area contributed by atoms with Crippen LogP contribution in [0.3, 0.4) is 0 Å². The van der Waals surface area contributed by atoms with Crippen molar-refractivity contribution in [2.75, 3.05) is 0 Å². The lowest BCUT2D eigenvalue weighted by Crippen LogP contribution is -2.41. The average molecular weight is 459 g/mol. The van der Waals surface area contributed by atoms with E-state index in [9.17, 15) is 0 Å². The Balaban J connectivity index is 0.000000205. The molecule has 4 aliphatic carbocycles. The van der Waals surface area contributed by atoms with Crippen molar-refractivity contribution in [2.24, 2.45) is 59.2 Å². The molecule has 0 amide bonds. The van der Waals surface area contributed by atoms with Crippen LogP contribution in [0.25, 0.3) is 0 Å². The summed E-state index contributed by atoms with van der Waals surface area (Å²) in [5, 5.41) is 0. The number of hydrogen-bond acceptors (Lipinski definition) is 0. The molecule has 0 aliphatic heterocycles. The zero-order valence-corrected chi connectivity index (χ0v) is 23.8. The first-order valence-electron chi connectivity index (χ1n) is 16.0. The monoisotopic (exact) mass is 458 g/mol. The van der Waals surface area contributed by atoms with Crippen LogP contribution in [0, 0.1) is 59.2 Å². The predicted molar refractivity (Wildman–Crippen MR) is 147 cm³/mol. The molecule has 0 radical (unpaired) electrons. The molecule has 4 aliphatic rings. The topological polar surface area (TPSA) is 0 Å². The van der Waals surface area contributed by atoms with Gasteiger partial charge in [0.25, 0.3) is 0 Å². The lowest BCUT2D eigenvalue weighted by atomic mass is 9.56. The van der Waals surface area contributed by atoms with Crippen LogP contribution < -0.4 is 0 Å². The second-order valence-electron chi connectivity index (χ2n) is 13.3. The minimum absolute atomic E-state index is 0.984. The van der Waals surface area contributed by atoms with Crippen LogP contribution in [0.5, 0.6) is 0 Å². The first kappa shape index (κ1) is 27.6. The Bertz CT molecular complexity index is 502. The highest BCUT2D eigenvalue weighted by Gasteiger charge is 2.47. The quantitative estimate of drug-likeness (QED) is 0.356. The predicted octanol–water partition coefficient (Wildman–Crippen LogP) is 10.9. The standard InChI is InChI=1S/C20H36.C13H26/c1-3-4-12-18-15(2)14-17-11-8-13-19(17)20(18)16-9-6-5-7-10-16;1-5-11-8-10(4)9-12(6-2)13(11)7-3/h15-20H,3-14H2,1-2H3;10-13H,5-9H2,1-4H3. The normalized spacial score (nSPS) is 41.8. The van der Waals surface area contributed by atoms with Gasteiger partial charge < -0.3 is 0 Å². The van der Waals surface area contributed by atoms with Crippen LogP contribution in [-0.2, 0) is 0 Å². The molecule has 0 nitrogen and oxygen atoms in total. The fraction of sp³-hybridized carbons (Fsp3) is 1.00. The molecule has 0 bridgehead atoms. The number of fused-ring (bicyclic) bond motifs is 1. The Morgan fingerprint density at radius 1 is 0.606 bits per heavy atom. The van der Waals surface area contributed by atoms with Gasteiger partial charge in [0.1, 0.15) is 0 Å². The van der Waals surface area contributed by atoms with Crippen molar-refractivity contribution < 1.29 is 0 Å². The molecule has 0 N–H and O–H groups in total. The molecule has 0 saturated heterocycles. The molecule has 0 aromatic heterocycles. The maximum atomic E-state index is 2.60. The SMILES string of the molecule is CCC1CC(C)CC(CC)C1CC.CCCCC1C(C)CC2CCCC2C1C1CCCCC1. The summed E-state index contributed by atoms with van der Waals surface area (Å²) in [4.78, 5) is 0. The zero-order valence-electron chi connectivity index (χ0n) is 23.8. The van der Waals surface area contributed by atoms with Crippen LogP contribution in [0.2, 0.25) is 0 Å². The summed E-state index contributed by atoms with van der Waals surface area (Å²) in [6.45, 7) is 14.5. The van der Waals surface area contributed by atoms with Gasteiger partial charge in [0.05, 0.1) is 0 Å². The molecular formula is C33H62. The lowest BCUT2D eigenvalue weighted by molar-refractivity contribution is 0.00254. The van der Waals surface area contributed by atoms with Crippen LogP contribution >= 0.6 is 0 Å². The molecule has 0 spiro atoms. The molecule has 0 heterocycles. The molecule has 4 saturated carbocycles. The van der Waals surface area contributed by atoms with Crippen LogP contribution in [-0.4, -0.2) is 0 Å². The van der Waals surface area contributed by atoms with Gasteiger partial charge in [-0.05, 0) is 91.3 Å². The van der Waals surface area contributed by atoms with Crippen molar-refractivity contribution in [1.82, 2.24) is 0 Å². The van der Waals surface area contributed by atoms with E-state index in [1.54, 1.807) is 44.9 Å². The highest BCUT2D eigenvalue weighted by Crippen LogP contribution is 2.55. The number of hydrogen-bond donors (Lipinski definition) is 0. The fourth-order valence-electron chi connectivity index (χ4n) is 9.82. The maximum Gasteiger partial charge on any atom is -0.0324 e. The molecule has 0 aromatic carbocycles. The number of unbranched alkanes of at least 4 members (excludes halogenated alkanes) is 1. The second-order valence-corrected chi connectivity index (χ2v) is 13.3. The van der Waals surface area contributed by atoms with E-state index in [4.69, 9.17) is 0 Å². The average Bonchev–Trinajstić information content (AvgIpc) is 3.30. The summed E-state index contributed by atoms with van der Waals surface area (Å²) in [5.41, 5.74) is 0. The summed E-state index contributed by atoms with van der Waals surface area (Å²) in [6, 6.07) is 0. The van der Waals surface area contributed by atoms with E-state index < -0.39 is 0 Å². The van der Waals surface area contributed by atoms with Gasteiger partial charge in [0.15, 0.2) is 0 Å². The van der Waals surface area contributed by atoms with Crippen molar-refractivity contribution in [3.8, 4) is 0 Å². The maximum absolute atomic E-state index is 2.60. The van der Waals surface area contributed by atoms with Gasteiger partial charge >= 0.3 is 0 Å². The highest BCUT2D eigenvalue weighted by molar-refractivity contribution is 4.96. The Hall–Kier alpha value is 0. The summed E-state index contributed by atoms with van der Waals surface area (Å²) in [7, 11) is 0. The van der Waals surface area contributed by atoms with Crippen molar-refractivity contribution >= 4 is 0 Å². The third kappa shape index (κ3) is 7.03. The van der Waals surface area contributed by atoms with Crippen molar-refractivity contribution in [2.45, 2.75) is 151 Å². The van der Waals surface area contributed by atoms with E-state index in [1.807, 2.05) is 0 Å². The van der Waals surface area contributed by atoms with E-state index in [-0.39, 0.29) is 0 Å². The van der Waals surface area contributed by atoms with Gasteiger partial charge in [-0.25, -0.2) is 0 Å². The van der Waals surface area contributed by atoms with E-state index in [2.05, 4.69) is 41.5 Å². The lowest BCUT2D eigenvalue weighted by Gasteiger charge is -2.49. The summed E-state index contributed by atoms with van der Waals surface area (Å²) in [6.07, 6.45) is 25.6. The molecule has 7 atom stereocenters. The Morgan fingerprint density at radius 3 is 1.82 bits per heavy atom.